The minimum Gasteiger partial charge on any atom is -0.504 e. The van der Waals surface area contributed by atoms with Crippen molar-refractivity contribution < 1.29 is 49.6 Å². The molecular weight excluding hydrogens is 460 g/mol. The third-order valence-electron chi connectivity index (χ3n) is 7.00. The molecule has 4 rings (SSSR count). The number of methoxy groups -OCH3 is 2. The lowest BCUT2D eigenvalue weighted by Crippen LogP contribution is -2.54. The van der Waals surface area contributed by atoms with E-state index in [0.29, 0.717) is 12.2 Å². The Morgan fingerprint density at radius 1 is 0.943 bits per heavy atom. The van der Waals surface area contributed by atoms with Gasteiger partial charge in [0.1, 0.15) is 18.3 Å². The number of hydrogen-bond acceptors (Lipinski definition) is 10. The smallest absolute Gasteiger partial charge is 0.186 e. The largest absolute Gasteiger partial charge is 0.504 e. The van der Waals surface area contributed by atoms with Gasteiger partial charge in [0.05, 0.1) is 27.4 Å². The lowest BCUT2D eigenvalue weighted by atomic mass is 9.67. The number of benzene rings is 2. The van der Waals surface area contributed by atoms with Crippen LogP contribution in [0.2, 0.25) is 0 Å². The molecule has 35 heavy (non-hydrogen) atoms. The first-order valence-electron chi connectivity index (χ1n) is 11.4. The molecule has 2 aliphatic rings. The first-order valence-corrected chi connectivity index (χ1v) is 11.4. The summed E-state index contributed by atoms with van der Waals surface area (Å²) in [5.74, 6) is -0.459. The summed E-state index contributed by atoms with van der Waals surface area (Å²) in [4.78, 5) is 0. The van der Waals surface area contributed by atoms with Crippen molar-refractivity contribution in [3.63, 3.8) is 0 Å². The molecule has 2 aromatic rings. The number of aromatic hydroxyl groups is 2. The maximum absolute atomic E-state index is 10.5. The van der Waals surface area contributed by atoms with Gasteiger partial charge in [-0.1, -0.05) is 6.07 Å². The van der Waals surface area contributed by atoms with Crippen molar-refractivity contribution in [2.75, 3.05) is 34.0 Å². The summed E-state index contributed by atoms with van der Waals surface area (Å²) in [5, 5.41) is 60.9. The Hall–Kier alpha value is -2.60. The normalized spacial score (nSPS) is 30.5. The fourth-order valence-electron chi connectivity index (χ4n) is 5.07. The zero-order chi connectivity index (χ0) is 25.3. The number of rotatable bonds is 7. The summed E-state index contributed by atoms with van der Waals surface area (Å²) >= 11 is 0. The fourth-order valence-corrected chi connectivity index (χ4v) is 5.07. The Morgan fingerprint density at radius 3 is 2.34 bits per heavy atom. The summed E-state index contributed by atoms with van der Waals surface area (Å²) in [6.07, 6.45) is -4.74. The van der Waals surface area contributed by atoms with Crippen molar-refractivity contribution in [2.24, 2.45) is 11.8 Å². The van der Waals surface area contributed by atoms with Crippen molar-refractivity contribution in [3.8, 4) is 23.0 Å². The molecule has 0 aromatic heterocycles. The van der Waals surface area contributed by atoms with E-state index >= 15 is 0 Å². The number of phenols is 2. The molecule has 1 heterocycles. The predicted molar refractivity (Wildman–Crippen MR) is 123 cm³/mol. The summed E-state index contributed by atoms with van der Waals surface area (Å²) in [6, 6.07) is 8.34. The van der Waals surface area contributed by atoms with E-state index in [0.717, 1.165) is 16.7 Å². The van der Waals surface area contributed by atoms with Gasteiger partial charge in [-0.2, -0.15) is 0 Å². The second-order valence-corrected chi connectivity index (χ2v) is 9.03. The Morgan fingerprint density at radius 2 is 1.66 bits per heavy atom. The third-order valence-corrected chi connectivity index (χ3v) is 7.00. The molecule has 3 unspecified atom stereocenters. The van der Waals surface area contributed by atoms with Crippen LogP contribution in [-0.2, 0) is 15.9 Å². The molecular formula is C25H32O10. The highest BCUT2D eigenvalue weighted by atomic mass is 16.7. The zero-order valence-electron chi connectivity index (χ0n) is 19.6. The van der Waals surface area contributed by atoms with Gasteiger partial charge in [0.25, 0.3) is 0 Å². The van der Waals surface area contributed by atoms with Crippen molar-refractivity contribution in [1.82, 2.24) is 0 Å². The molecule has 0 amide bonds. The molecule has 2 aromatic carbocycles. The maximum atomic E-state index is 10.5. The minimum absolute atomic E-state index is 0.0253. The average molecular weight is 493 g/mol. The second kappa shape index (κ2) is 10.6. The van der Waals surface area contributed by atoms with Gasteiger partial charge in [-0.15, -0.1) is 0 Å². The first-order chi connectivity index (χ1) is 16.8. The molecule has 7 atom stereocenters. The van der Waals surface area contributed by atoms with Crippen LogP contribution in [0.4, 0.5) is 0 Å². The molecule has 1 fully saturated rings. The summed E-state index contributed by atoms with van der Waals surface area (Å²) < 4.78 is 21.9. The summed E-state index contributed by atoms with van der Waals surface area (Å²) in [7, 11) is 2.91. The van der Waals surface area contributed by atoms with Crippen LogP contribution in [0.15, 0.2) is 30.3 Å². The molecule has 6 N–H and O–H groups in total. The van der Waals surface area contributed by atoms with Crippen molar-refractivity contribution in [2.45, 2.75) is 36.9 Å². The maximum Gasteiger partial charge on any atom is 0.186 e. The minimum atomic E-state index is -1.44. The summed E-state index contributed by atoms with van der Waals surface area (Å²) in [6.45, 7) is -0.306. The number of ether oxygens (including phenoxy) is 4. The molecule has 0 saturated carbocycles. The number of fused-ring (bicyclic) bond motifs is 1. The van der Waals surface area contributed by atoms with Gasteiger partial charge in [0.15, 0.2) is 29.3 Å². The third kappa shape index (κ3) is 4.90. The first kappa shape index (κ1) is 25.5. The second-order valence-electron chi connectivity index (χ2n) is 9.03. The number of phenolic OH excluding ortho intramolecular Hbond substituents is 2. The number of aliphatic hydroxyl groups excluding tert-OH is 4. The fraction of sp³-hybridized carbons (Fsp3) is 0.520. The van der Waals surface area contributed by atoms with E-state index in [2.05, 4.69) is 0 Å². The SMILES string of the molecule is COc1cc(C2c3cc(O)c(OC)cc3CC(CO)C2CO[C@@H]2OC[C@@H](O)[C@H](O)[C@H]2O)ccc1O. The van der Waals surface area contributed by atoms with Gasteiger partial charge < -0.3 is 49.6 Å². The van der Waals surface area contributed by atoms with E-state index in [1.165, 1.54) is 20.3 Å². The summed E-state index contributed by atoms with van der Waals surface area (Å²) in [5.41, 5.74) is 2.45. The van der Waals surface area contributed by atoms with Crippen LogP contribution in [0, 0.1) is 11.8 Å². The topological polar surface area (TPSA) is 158 Å². The molecule has 1 saturated heterocycles. The molecule has 1 aliphatic heterocycles. The molecule has 0 spiro atoms. The van der Waals surface area contributed by atoms with Crippen LogP contribution in [-0.4, -0.2) is 89.3 Å². The highest BCUT2D eigenvalue weighted by Crippen LogP contribution is 2.48. The van der Waals surface area contributed by atoms with Gasteiger partial charge >= 0.3 is 0 Å². The Balaban J connectivity index is 1.73. The van der Waals surface area contributed by atoms with Crippen LogP contribution in [0.5, 0.6) is 23.0 Å². The molecule has 192 valence electrons. The molecule has 1 aliphatic carbocycles. The molecule has 10 nitrogen and oxygen atoms in total. The molecule has 0 radical (unpaired) electrons. The van der Waals surface area contributed by atoms with E-state index < -0.39 is 30.5 Å². The van der Waals surface area contributed by atoms with Gasteiger partial charge in [0.2, 0.25) is 0 Å². The highest BCUT2D eigenvalue weighted by molar-refractivity contribution is 5.53. The van der Waals surface area contributed by atoms with E-state index in [9.17, 15) is 30.6 Å². The monoisotopic (exact) mass is 492 g/mol. The Labute approximate surface area is 202 Å². The molecule has 10 heteroatoms. The van der Waals surface area contributed by atoms with E-state index in [4.69, 9.17) is 18.9 Å². The quantitative estimate of drug-likeness (QED) is 0.321. The number of aliphatic hydroxyl groups is 4. The van der Waals surface area contributed by atoms with Gasteiger partial charge in [-0.3, -0.25) is 0 Å². The van der Waals surface area contributed by atoms with E-state index in [1.54, 1.807) is 24.3 Å². The van der Waals surface area contributed by atoms with Gasteiger partial charge in [-0.25, -0.2) is 0 Å². The van der Waals surface area contributed by atoms with E-state index in [1.807, 2.05) is 0 Å². The van der Waals surface area contributed by atoms with Gasteiger partial charge in [0, 0.05) is 12.5 Å². The average Bonchev–Trinajstić information content (AvgIpc) is 2.86. The Kier molecular flexibility index (Phi) is 7.70. The number of hydrogen-bond donors (Lipinski definition) is 6. The Bertz CT molecular complexity index is 1030. The highest BCUT2D eigenvalue weighted by Gasteiger charge is 2.42. The standard InChI is InChI=1S/C25H32O10/c1-32-20-6-12(3-4-17(20)27)22-15-8-18(28)21(33-2)7-13(15)5-14(9-26)16(22)10-34-25-24(31)23(30)19(29)11-35-25/h3-4,6-8,14,16,19,22-31H,5,9-11H2,1-2H3/t14?,16?,19-,22?,23+,24-,25-/m1/s1. The van der Waals surface area contributed by atoms with E-state index in [-0.39, 0.29) is 48.9 Å². The van der Waals surface area contributed by atoms with Gasteiger partial charge in [-0.05, 0) is 59.2 Å². The van der Waals surface area contributed by atoms with Crippen LogP contribution in [0.1, 0.15) is 22.6 Å². The van der Waals surface area contributed by atoms with Crippen LogP contribution in [0.25, 0.3) is 0 Å². The van der Waals surface area contributed by atoms with Crippen LogP contribution < -0.4 is 9.47 Å². The molecule has 0 bridgehead atoms. The zero-order valence-corrected chi connectivity index (χ0v) is 19.6. The predicted octanol–water partition coefficient (Wildman–Crippen LogP) is 0.483. The van der Waals surface area contributed by atoms with Crippen molar-refractivity contribution >= 4 is 0 Å². The lowest BCUT2D eigenvalue weighted by molar-refractivity contribution is -0.274. The van der Waals surface area contributed by atoms with Crippen molar-refractivity contribution in [1.29, 1.82) is 0 Å². The van der Waals surface area contributed by atoms with Crippen LogP contribution in [0.3, 0.4) is 0 Å². The lowest BCUT2D eigenvalue weighted by Gasteiger charge is -2.41. The van der Waals surface area contributed by atoms with Crippen LogP contribution >= 0.6 is 0 Å². The van der Waals surface area contributed by atoms with Crippen molar-refractivity contribution in [3.05, 3.63) is 47.0 Å².